The highest BCUT2D eigenvalue weighted by atomic mass is 32.1. The molecule has 1 aliphatic rings. The quantitative estimate of drug-likeness (QED) is 0.526. The van der Waals surface area contributed by atoms with Gasteiger partial charge in [-0.3, -0.25) is 9.59 Å². The second-order valence-electron chi connectivity index (χ2n) is 7.46. The highest BCUT2D eigenvalue weighted by molar-refractivity contribution is 7.17. The van der Waals surface area contributed by atoms with E-state index in [1.807, 2.05) is 40.6 Å². The molecule has 31 heavy (non-hydrogen) atoms. The number of methoxy groups -OCH3 is 1. The summed E-state index contributed by atoms with van der Waals surface area (Å²) < 4.78 is 5.25. The topological polar surface area (TPSA) is 84.7 Å². The normalized spacial score (nSPS) is 12.8. The molecule has 2 amide bonds. The molecular weight excluding hydrogens is 430 g/mol. The van der Waals surface area contributed by atoms with Crippen molar-refractivity contribution in [3.05, 3.63) is 62.7 Å². The van der Waals surface area contributed by atoms with Crippen LogP contribution in [0, 0.1) is 0 Å². The lowest BCUT2D eigenvalue weighted by Gasteiger charge is -2.24. The van der Waals surface area contributed by atoms with Gasteiger partial charge in [-0.15, -0.1) is 22.7 Å². The SMILES string of the molecule is COc1ccc(N(CC(=O)Nc2sc3c(c2C(N)=O)CCCC3)Cc2cccs2)cc1. The highest BCUT2D eigenvalue weighted by Crippen LogP contribution is 2.38. The second kappa shape index (κ2) is 9.53. The van der Waals surface area contributed by atoms with Gasteiger partial charge in [0.25, 0.3) is 5.91 Å². The summed E-state index contributed by atoms with van der Waals surface area (Å²) in [6, 6.07) is 11.7. The number of aryl methyl sites for hydroxylation is 1. The molecule has 0 saturated carbocycles. The molecule has 1 aromatic carbocycles. The maximum absolute atomic E-state index is 13.0. The third kappa shape index (κ3) is 4.91. The Hall–Kier alpha value is -2.84. The van der Waals surface area contributed by atoms with Crippen molar-refractivity contribution in [3.8, 4) is 5.75 Å². The zero-order chi connectivity index (χ0) is 21.8. The van der Waals surface area contributed by atoms with Crippen LogP contribution in [0.3, 0.4) is 0 Å². The standard InChI is InChI=1S/C23H25N3O3S2/c1-29-16-10-8-15(9-11-16)26(13-17-5-4-12-30-17)14-20(27)25-23-21(22(24)28)18-6-2-3-7-19(18)31-23/h4-5,8-12H,2-3,6-7,13-14H2,1H3,(H2,24,28)(H,25,27). The molecule has 0 atom stereocenters. The fourth-order valence-electron chi connectivity index (χ4n) is 3.88. The molecule has 3 aromatic rings. The maximum Gasteiger partial charge on any atom is 0.251 e. The van der Waals surface area contributed by atoms with Gasteiger partial charge in [-0.25, -0.2) is 0 Å². The van der Waals surface area contributed by atoms with Crippen molar-refractivity contribution in [1.29, 1.82) is 0 Å². The fourth-order valence-corrected chi connectivity index (χ4v) is 5.91. The molecule has 0 saturated heterocycles. The molecule has 1 aliphatic carbocycles. The van der Waals surface area contributed by atoms with Crippen LogP contribution in [0.5, 0.6) is 5.75 Å². The van der Waals surface area contributed by atoms with Gasteiger partial charge in [0.2, 0.25) is 5.91 Å². The lowest BCUT2D eigenvalue weighted by Crippen LogP contribution is -2.33. The molecule has 4 rings (SSSR count). The van der Waals surface area contributed by atoms with Crippen molar-refractivity contribution < 1.29 is 14.3 Å². The van der Waals surface area contributed by atoms with E-state index in [9.17, 15) is 9.59 Å². The number of nitrogens with two attached hydrogens (primary N) is 1. The van der Waals surface area contributed by atoms with Gasteiger partial charge in [-0.05, 0) is 67.0 Å². The molecule has 8 heteroatoms. The number of hydrogen-bond acceptors (Lipinski definition) is 6. The molecule has 3 N–H and O–H groups in total. The average Bonchev–Trinajstić information content (AvgIpc) is 3.40. The van der Waals surface area contributed by atoms with Crippen LogP contribution in [0.2, 0.25) is 0 Å². The van der Waals surface area contributed by atoms with E-state index in [0.717, 1.165) is 47.6 Å². The number of rotatable bonds is 8. The van der Waals surface area contributed by atoms with Crippen LogP contribution in [-0.4, -0.2) is 25.5 Å². The predicted molar refractivity (Wildman–Crippen MR) is 126 cm³/mol. The first-order valence-corrected chi connectivity index (χ1v) is 11.9. The predicted octanol–water partition coefficient (Wildman–Crippen LogP) is 4.44. The van der Waals surface area contributed by atoms with E-state index in [4.69, 9.17) is 10.5 Å². The minimum Gasteiger partial charge on any atom is -0.497 e. The number of hydrogen-bond donors (Lipinski definition) is 2. The highest BCUT2D eigenvalue weighted by Gasteiger charge is 2.25. The lowest BCUT2D eigenvalue weighted by molar-refractivity contribution is -0.115. The van der Waals surface area contributed by atoms with Crippen LogP contribution in [0.4, 0.5) is 10.7 Å². The molecule has 0 radical (unpaired) electrons. The third-order valence-electron chi connectivity index (χ3n) is 5.37. The Morgan fingerprint density at radius 1 is 1.16 bits per heavy atom. The number of carbonyl (C=O) groups is 2. The zero-order valence-corrected chi connectivity index (χ0v) is 19.0. The van der Waals surface area contributed by atoms with Gasteiger partial charge in [0.1, 0.15) is 10.8 Å². The number of carbonyl (C=O) groups excluding carboxylic acids is 2. The summed E-state index contributed by atoms with van der Waals surface area (Å²) in [4.78, 5) is 29.5. The largest absolute Gasteiger partial charge is 0.497 e. The Morgan fingerprint density at radius 2 is 1.94 bits per heavy atom. The second-order valence-corrected chi connectivity index (χ2v) is 9.60. The smallest absolute Gasteiger partial charge is 0.251 e. The first-order valence-electron chi connectivity index (χ1n) is 10.2. The summed E-state index contributed by atoms with van der Waals surface area (Å²) in [5.41, 5.74) is 8.09. The molecule has 2 aromatic heterocycles. The molecular formula is C23H25N3O3S2. The number of thiophene rings is 2. The molecule has 0 bridgehead atoms. The van der Waals surface area contributed by atoms with Gasteiger partial charge in [0, 0.05) is 15.4 Å². The van der Waals surface area contributed by atoms with Crippen molar-refractivity contribution in [1.82, 2.24) is 0 Å². The van der Waals surface area contributed by atoms with Gasteiger partial charge < -0.3 is 20.7 Å². The lowest BCUT2D eigenvalue weighted by atomic mass is 9.95. The van der Waals surface area contributed by atoms with Gasteiger partial charge in [0.05, 0.1) is 25.8 Å². The van der Waals surface area contributed by atoms with E-state index < -0.39 is 5.91 Å². The number of benzene rings is 1. The Balaban J connectivity index is 1.55. The van der Waals surface area contributed by atoms with Crippen LogP contribution in [0.1, 0.15) is 38.5 Å². The monoisotopic (exact) mass is 455 g/mol. The number of nitrogens with zero attached hydrogens (tertiary/aromatic N) is 1. The molecule has 162 valence electrons. The fraction of sp³-hybridized carbons (Fsp3) is 0.304. The minimum atomic E-state index is -0.472. The Bertz CT molecular complexity index is 1060. The van der Waals surface area contributed by atoms with Crippen molar-refractivity contribution in [2.75, 3.05) is 23.9 Å². The van der Waals surface area contributed by atoms with E-state index >= 15 is 0 Å². The number of fused-ring (bicyclic) bond motifs is 1. The summed E-state index contributed by atoms with van der Waals surface area (Å²) in [6.07, 6.45) is 3.93. The van der Waals surface area contributed by atoms with Crippen LogP contribution < -0.4 is 20.7 Å². The van der Waals surface area contributed by atoms with Crippen LogP contribution >= 0.6 is 22.7 Å². The summed E-state index contributed by atoms with van der Waals surface area (Å²) >= 11 is 3.14. The van der Waals surface area contributed by atoms with Gasteiger partial charge in [0.15, 0.2) is 0 Å². The molecule has 6 nitrogen and oxygen atoms in total. The van der Waals surface area contributed by atoms with Crippen LogP contribution in [-0.2, 0) is 24.2 Å². The zero-order valence-electron chi connectivity index (χ0n) is 17.3. The van der Waals surface area contributed by atoms with Crippen molar-refractivity contribution >= 4 is 45.2 Å². The Kier molecular flexibility index (Phi) is 6.58. The van der Waals surface area contributed by atoms with E-state index in [2.05, 4.69) is 11.4 Å². The maximum atomic E-state index is 13.0. The van der Waals surface area contributed by atoms with E-state index in [1.165, 1.54) is 16.2 Å². The van der Waals surface area contributed by atoms with Crippen LogP contribution in [0.15, 0.2) is 41.8 Å². The molecule has 0 fully saturated rings. The van der Waals surface area contributed by atoms with Crippen LogP contribution in [0.25, 0.3) is 0 Å². The number of amides is 2. The van der Waals surface area contributed by atoms with E-state index in [-0.39, 0.29) is 12.5 Å². The number of anilines is 2. The van der Waals surface area contributed by atoms with Gasteiger partial charge in [-0.2, -0.15) is 0 Å². The van der Waals surface area contributed by atoms with Crippen molar-refractivity contribution in [2.45, 2.75) is 32.2 Å². The van der Waals surface area contributed by atoms with E-state index in [1.54, 1.807) is 18.4 Å². The summed E-state index contributed by atoms with van der Waals surface area (Å²) in [5.74, 6) is 0.119. The summed E-state index contributed by atoms with van der Waals surface area (Å²) in [5, 5.41) is 5.57. The van der Waals surface area contributed by atoms with Crippen molar-refractivity contribution in [2.24, 2.45) is 5.73 Å². The molecule has 0 aliphatic heterocycles. The summed E-state index contributed by atoms with van der Waals surface area (Å²) in [7, 11) is 1.63. The van der Waals surface area contributed by atoms with Gasteiger partial charge in [-0.1, -0.05) is 6.07 Å². The number of ether oxygens (including phenoxy) is 1. The van der Waals surface area contributed by atoms with Gasteiger partial charge >= 0.3 is 0 Å². The molecule has 2 heterocycles. The minimum absolute atomic E-state index is 0.158. The molecule has 0 spiro atoms. The van der Waals surface area contributed by atoms with Crippen molar-refractivity contribution in [3.63, 3.8) is 0 Å². The number of nitrogens with one attached hydrogen (secondary N) is 1. The van der Waals surface area contributed by atoms with E-state index in [0.29, 0.717) is 17.1 Å². The average molecular weight is 456 g/mol. The third-order valence-corrected chi connectivity index (χ3v) is 7.44. The molecule has 0 unspecified atom stereocenters. The Labute approximate surface area is 189 Å². The summed E-state index contributed by atoms with van der Waals surface area (Å²) in [6.45, 7) is 0.770. The first kappa shape index (κ1) is 21.4. The first-order chi connectivity index (χ1) is 15.0. The number of primary amides is 1. The Morgan fingerprint density at radius 3 is 2.61 bits per heavy atom.